The number of hydrogen-bond acceptors (Lipinski definition) is 3. The SMILES string of the molecule is C[C@H](Oc1cccc(Cl)c1)C(=O)N1CCOc2ccccc21. The van der Waals surface area contributed by atoms with Crippen LogP contribution in [0.15, 0.2) is 48.5 Å². The lowest BCUT2D eigenvalue weighted by molar-refractivity contribution is -0.124. The monoisotopic (exact) mass is 317 g/mol. The van der Waals surface area contributed by atoms with Crippen molar-refractivity contribution in [1.82, 2.24) is 0 Å². The summed E-state index contributed by atoms with van der Waals surface area (Å²) in [7, 11) is 0. The van der Waals surface area contributed by atoms with Crippen molar-refractivity contribution < 1.29 is 14.3 Å². The summed E-state index contributed by atoms with van der Waals surface area (Å²) < 4.78 is 11.3. The average Bonchev–Trinajstić information content (AvgIpc) is 2.53. The number of carbonyl (C=O) groups is 1. The standard InChI is InChI=1S/C17H16ClNO3/c1-12(22-14-6-4-5-13(18)11-14)17(20)19-9-10-21-16-8-3-2-7-15(16)19/h2-8,11-12H,9-10H2,1H3/t12-/m0/s1. The Hall–Kier alpha value is -2.20. The van der Waals surface area contributed by atoms with E-state index in [0.717, 1.165) is 11.4 Å². The van der Waals surface area contributed by atoms with Gasteiger partial charge in [-0.2, -0.15) is 0 Å². The molecular weight excluding hydrogens is 302 g/mol. The van der Waals surface area contributed by atoms with Crippen LogP contribution < -0.4 is 14.4 Å². The fraction of sp³-hybridized carbons (Fsp3) is 0.235. The number of para-hydroxylation sites is 2. The van der Waals surface area contributed by atoms with Crippen LogP contribution in [-0.4, -0.2) is 25.2 Å². The van der Waals surface area contributed by atoms with Gasteiger partial charge in [-0.25, -0.2) is 0 Å². The lowest BCUT2D eigenvalue weighted by Gasteiger charge is -2.31. The van der Waals surface area contributed by atoms with Crippen molar-refractivity contribution in [2.45, 2.75) is 13.0 Å². The lowest BCUT2D eigenvalue weighted by atomic mass is 10.2. The van der Waals surface area contributed by atoms with E-state index in [1.165, 1.54) is 0 Å². The van der Waals surface area contributed by atoms with Crippen LogP contribution in [0.1, 0.15) is 6.92 Å². The molecule has 1 aliphatic rings. The number of halogens is 1. The highest BCUT2D eigenvalue weighted by molar-refractivity contribution is 6.30. The number of rotatable bonds is 3. The fourth-order valence-corrected chi connectivity index (χ4v) is 2.59. The number of fused-ring (bicyclic) bond motifs is 1. The number of amides is 1. The van der Waals surface area contributed by atoms with E-state index in [1.807, 2.05) is 24.3 Å². The molecule has 0 aromatic heterocycles. The van der Waals surface area contributed by atoms with Gasteiger partial charge in [0.25, 0.3) is 5.91 Å². The fourth-order valence-electron chi connectivity index (χ4n) is 2.41. The molecule has 0 radical (unpaired) electrons. The maximum atomic E-state index is 12.7. The second kappa shape index (κ2) is 6.28. The number of hydrogen-bond donors (Lipinski definition) is 0. The first-order valence-electron chi connectivity index (χ1n) is 7.10. The summed E-state index contributed by atoms with van der Waals surface area (Å²) >= 11 is 5.93. The van der Waals surface area contributed by atoms with E-state index in [4.69, 9.17) is 21.1 Å². The normalized spacial score (nSPS) is 14.7. The van der Waals surface area contributed by atoms with Crippen molar-refractivity contribution in [3.8, 4) is 11.5 Å². The van der Waals surface area contributed by atoms with Crippen LogP contribution in [0.3, 0.4) is 0 Å². The number of benzene rings is 2. The Morgan fingerprint density at radius 2 is 2.09 bits per heavy atom. The zero-order valence-electron chi connectivity index (χ0n) is 12.2. The highest BCUT2D eigenvalue weighted by Crippen LogP contribution is 2.31. The van der Waals surface area contributed by atoms with E-state index in [-0.39, 0.29) is 5.91 Å². The molecule has 0 N–H and O–H groups in total. The molecule has 1 atom stereocenters. The molecule has 1 aliphatic heterocycles. The molecule has 1 heterocycles. The Bertz CT molecular complexity index is 689. The summed E-state index contributed by atoms with van der Waals surface area (Å²) in [6.07, 6.45) is -0.607. The number of ether oxygens (including phenoxy) is 2. The van der Waals surface area contributed by atoms with E-state index in [1.54, 1.807) is 36.1 Å². The Morgan fingerprint density at radius 1 is 1.27 bits per heavy atom. The minimum Gasteiger partial charge on any atom is -0.490 e. The topological polar surface area (TPSA) is 38.8 Å². The summed E-state index contributed by atoms with van der Waals surface area (Å²) in [5.74, 6) is 1.20. The highest BCUT2D eigenvalue weighted by atomic mass is 35.5. The first-order valence-corrected chi connectivity index (χ1v) is 7.48. The summed E-state index contributed by atoms with van der Waals surface area (Å²) in [6.45, 7) is 2.73. The van der Waals surface area contributed by atoms with E-state index >= 15 is 0 Å². The summed E-state index contributed by atoms with van der Waals surface area (Å²) in [5, 5.41) is 0.578. The third-order valence-electron chi connectivity index (χ3n) is 3.45. The molecular formula is C17H16ClNO3. The van der Waals surface area contributed by atoms with Gasteiger partial charge >= 0.3 is 0 Å². The second-order valence-electron chi connectivity index (χ2n) is 5.02. The Labute approximate surface area is 134 Å². The maximum Gasteiger partial charge on any atom is 0.267 e. The van der Waals surface area contributed by atoms with Crippen LogP contribution in [0.4, 0.5) is 5.69 Å². The van der Waals surface area contributed by atoms with E-state index in [2.05, 4.69) is 0 Å². The molecule has 1 amide bonds. The Morgan fingerprint density at radius 3 is 2.91 bits per heavy atom. The maximum absolute atomic E-state index is 12.7. The molecule has 0 fully saturated rings. The van der Waals surface area contributed by atoms with Gasteiger partial charge in [0, 0.05) is 5.02 Å². The predicted octanol–water partition coefficient (Wildman–Crippen LogP) is 3.53. The second-order valence-corrected chi connectivity index (χ2v) is 5.46. The van der Waals surface area contributed by atoms with Gasteiger partial charge in [-0.15, -0.1) is 0 Å². The number of anilines is 1. The zero-order chi connectivity index (χ0) is 15.5. The van der Waals surface area contributed by atoms with Gasteiger partial charge < -0.3 is 14.4 Å². The first kappa shape index (κ1) is 14.7. The van der Waals surface area contributed by atoms with Gasteiger partial charge in [-0.1, -0.05) is 29.8 Å². The molecule has 22 heavy (non-hydrogen) atoms. The van der Waals surface area contributed by atoms with E-state index in [0.29, 0.717) is 23.9 Å². The molecule has 0 unspecified atom stereocenters. The minimum absolute atomic E-state index is 0.101. The van der Waals surface area contributed by atoms with Crippen LogP contribution in [0.5, 0.6) is 11.5 Å². The quantitative estimate of drug-likeness (QED) is 0.869. The largest absolute Gasteiger partial charge is 0.490 e. The van der Waals surface area contributed by atoms with Gasteiger partial charge in [0.1, 0.15) is 18.1 Å². The molecule has 5 heteroatoms. The molecule has 2 aromatic rings. The third-order valence-corrected chi connectivity index (χ3v) is 3.69. The summed E-state index contributed by atoms with van der Waals surface area (Å²) in [5.41, 5.74) is 0.778. The average molecular weight is 318 g/mol. The Balaban J connectivity index is 1.77. The van der Waals surface area contributed by atoms with Gasteiger partial charge in [0.15, 0.2) is 6.10 Å². The minimum atomic E-state index is -0.607. The van der Waals surface area contributed by atoms with Crippen molar-refractivity contribution in [3.63, 3.8) is 0 Å². The van der Waals surface area contributed by atoms with Crippen molar-refractivity contribution in [2.75, 3.05) is 18.1 Å². The predicted molar refractivity (Wildman–Crippen MR) is 85.8 cm³/mol. The lowest BCUT2D eigenvalue weighted by Crippen LogP contribution is -2.44. The third kappa shape index (κ3) is 3.02. The van der Waals surface area contributed by atoms with Crippen molar-refractivity contribution in [3.05, 3.63) is 53.6 Å². The van der Waals surface area contributed by atoms with Gasteiger partial charge in [0.2, 0.25) is 0 Å². The van der Waals surface area contributed by atoms with Crippen molar-refractivity contribution >= 4 is 23.2 Å². The Kier molecular flexibility index (Phi) is 4.20. The molecule has 4 nitrogen and oxygen atoms in total. The zero-order valence-corrected chi connectivity index (χ0v) is 12.9. The van der Waals surface area contributed by atoms with Gasteiger partial charge in [-0.3, -0.25) is 4.79 Å². The molecule has 0 aliphatic carbocycles. The molecule has 0 saturated carbocycles. The smallest absolute Gasteiger partial charge is 0.267 e. The molecule has 3 rings (SSSR count). The first-order chi connectivity index (χ1) is 10.6. The highest BCUT2D eigenvalue weighted by Gasteiger charge is 2.28. The summed E-state index contributed by atoms with van der Waals surface area (Å²) in [4.78, 5) is 14.4. The molecule has 0 bridgehead atoms. The van der Waals surface area contributed by atoms with Crippen LogP contribution in [0, 0.1) is 0 Å². The van der Waals surface area contributed by atoms with Gasteiger partial charge in [-0.05, 0) is 37.3 Å². The number of nitrogens with zero attached hydrogens (tertiary/aromatic N) is 1. The van der Waals surface area contributed by atoms with Crippen LogP contribution in [-0.2, 0) is 4.79 Å². The number of carbonyl (C=O) groups excluding carboxylic acids is 1. The molecule has 114 valence electrons. The van der Waals surface area contributed by atoms with Gasteiger partial charge in [0.05, 0.1) is 12.2 Å². The van der Waals surface area contributed by atoms with Crippen LogP contribution in [0.25, 0.3) is 0 Å². The molecule has 0 spiro atoms. The summed E-state index contributed by atoms with van der Waals surface area (Å²) in [6, 6.07) is 14.5. The van der Waals surface area contributed by atoms with Crippen molar-refractivity contribution in [2.24, 2.45) is 0 Å². The van der Waals surface area contributed by atoms with Crippen LogP contribution in [0.2, 0.25) is 5.02 Å². The van der Waals surface area contributed by atoms with Crippen LogP contribution >= 0.6 is 11.6 Å². The van der Waals surface area contributed by atoms with E-state index < -0.39 is 6.10 Å². The van der Waals surface area contributed by atoms with E-state index in [9.17, 15) is 4.79 Å². The molecule has 0 saturated heterocycles. The molecule has 2 aromatic carbocycles. The van der Waals surface area contributed by atoms with Crippen molar-refractivity contribution in [1.29, 1.82) is 0 Å².